The van der Waals surface area contributed by atoms with Crippen molar-refractivity contribution in [2.45, 2.75) is 31.7 Å². The topological polar surface area (TPSA) is 59.8 Å². The molecule has 0 radical (unpaired) electrons. The van der Waals surface area contributed by atoms with Crippen LogP contribution < -0.4 is 9.62 Å². The molecule has 1 aliphatic rings. The summed E-state index contributed by atoms with van der Waals surface area (Å²) in [5.74, 6) is 0. The van der Waals surface area contributed by atoms with E-state index in [0.29, 0.717) is 11.4 Å². The third kappa shape index (κ3) is 5.17. The molecule has 0 unspecified atom stereocenters. The molecule has 2 aromatic carbocycles. The SMILES string of the molecule is Cc1ccc([C@H](C[NH+]2CCOCC2)NS(=O)(=O)c2cc(C)ccc2C)cc1. The standard InChI is InChI=1S/C21H28N2O3S/c1-16-5-8-19(9-6-16)20(15-23-10-12-26-13-11-23)22-27(24,25)21-14-17(2)4-7-18(21)3/h4-9,14,20,22H,10-13,15H2,1-3H3/p+1/t20-/m0/s1. The van der Waals surface area contributed by atoms with Crippen molar-refractivity contribution in [3.05, 3.63) is 64.7 Å². The Kier molecular flexibility index (Phi) is 6.32. The number of quaternary nitrogens is 1. The molecule has 6 heteroatoms. The number of benzene rings is 2. The zero-order valence-electron chi connectivity index (χ0n) is 16.3. The van der Waals surface area contributed by atoms with Crippen LogP contribution in [0.1, 0.15) is 28.3 Å². The molecule has 1 saturated heterocycles. The van der Waals surface area contributed by atoms with Gasteiger partial charge < -0.3 is 9.64 Å². The summed E-state index contributed by atoms with van der Waals surface area (Å²) >= 11 is 0. The van der Waals surface area contributed by atoms with Gasteiger partial charge in [0.25, 0.3) is 0 Å². The van der Waals surface area contributed by atoms with E-state index >= 15 is 0 Å². The Bertz CT molecular complexity index is 873. The van der Waals surface area contributed by atoms with Crippen LogP contribution in [0.3, 0.4) is 0 Å². The highest BCUT2D eigenvalue weighted by Gasteiger charge is 2.27. The fraction of sp³-hybridized carbons (Fsp3) is 0.429. The normalized spacial score (nSPS) is 17.0. The Hall–Kier alpha value is -1.73. The van der Waals surface area contributed by atoms with E-state index in [0.717, 1.165) is 48.6 Å². The lowest BCUT2D eigenvalue weighted by molar-refractivity contribution is -0.909. The second-order valence-corrected chi connectivity index (χ2v) is 9.10. The summed E-state index contributed by atoms with van der Waals surface area (Å²) in [6.45, 7) is 9.72. The van der Waals surface area contributed by atoms with Crippen LogP contribution in [0.25, 0.3) is 0 Å². The van der Waals surface area contributed by atoms with E-state index in [4.69, 9.17) is 4.74 Å². The Morgan fingerprint density at radius 1 is 1.00 bits per heavy atom. The van der Waals surface area contributed by atoms with Gasteiger partial charge in [0.05, 0.1) is 30.7 Å². The number of morpholine rings is 1. The lowest BCUT2D eigenvalue weighted by Crippen LogP contribution is -3.14. The van der Waals surface area contributed by atoms with Crippen LogP contribution in [0.4, 0.5) is 0 Å². The molecule has 3 rings (SSSR count). The van der Waals surface area contributed by atoms with Crippen molar-refractivity contribution in [3.63, 3.8) is 0 Å². The molecule has 1 atom stereocenters. The number of ether oxygens (including phenoxy) is 1. The van der Waals surface area contributed by atoms with Gasteiger partial charge in [-0.3, -0.25) is 0 Å². The Balaban J connectivity index is 1.89. The first-order valence-electron chi connectivity index (χ1n) is 9.42. The molecule has 0 saturated carbocycles. The third-order valence-electron chi connectivity index (χ3n) is 5.10. The predicted octanol–water partition coefficient (Wildman–Crippen LogP) is 1.55. The number of nitrogens with one attached hydrogen (secondary N) is 2. The summed E-state index contributed by atoms with van der Waals surface area (Å²) in [6, 6.07) is 13.4. The molecular formula is C21H29N2O3S+. The van der Waals surface area contributed by atoms with Crippen LogP contribution >= 0.6 is 0 Å². The fourth-order valence-corrected chi connectivity index (χ4v) is 4.98. The summed E-state index contributed by atoms with van der Waals surface area (Å²) in [6.07, 6.45) is 0. The monoisotopic (exact) mass is 389 g/mol. The van der Waals surface area contributed by atoms with Crippen molar-refractivity contribution in [1.82, 2.24) is 4.72 Å². The van der Waals surface area contributed by atoms with E-state index < -0.39 is 10.0 Å². The van der Waals surface area contributed by atoms with E-state index in [1.54, 1.807) is 6.07 Å². The number of rotatable bonds is 6. The van der Waals surface area contributed by atoms with Crippen molar-refractivity contribution in [3.8, 4) is 0 Å². The van der Waals surface area contributed by atoms with Gasteiger partial charge in [-0.25, -0.2) is 8.42 Å². The predicted molar refractivity (Wildman–Crippen MR) is 107 cm³/mol. The highest BCUT2D eigenvalue weighted by molar-refractivity contribution is 7.89. The average molecular weight is 390 g/mol. The molecule has 1 fully saturated rings. The highest BCUT2D eigenvalue weighted by atomic mass is 32.2. The second kappa shape index (κ2) is 8.52. The summed E-state index contributed by atoms with van der Waals surface area (Å²) in [4.78, 5) is 1.71. The molecule has 2 aromatic rings. The van der Waals surface area contributed by atoms with Crippen molar-refractivity contribution < 1.29 is 18.1 Å². The van der Waals surface area contributed by atoms with Gasteiger partial charge in [0.15, 0.2) is 0 Å². The minimum absolute atomic E-state index is 0.274. The number of hydrogen-bond acceptors (Lipinski definition) is 3. The van der Waals surface area contributed by atoms with E-state index in [2.05, 4.69) is 4.72 Å². The van der Waals surface area contributed by atoms with Crippen molar-refractivity contribution in [1.29, 1.82) is 0 Å². The minimum Gasteiger partial charge on any atom is -0.370 e. The molecule has 1 heterocycles. The van der Waals surface area contributed by atoms with E-state index in [-0.39, 0.29) is 6.04 Å². The third-order valence-corrected chi connectivity index (χ3v) is 6.72. The number of hydrogen-bond donors (Lipinski definition) is 2. The molecule has 0 aromatic heterocycles. The molecule has 0 spiro atoms. The van der Waals surface area contributed by atoms with E-state index in [9.17, 15) is 8.42 Å². The Labute approximate surface area is 162 Å². The van der Waals surface area contributed by atoms with Crippen LogP contribution in [-0.4, -0.2) is 41.3 Å². The smallest absolute Gasteiger partial charge is 0.241 e. The summed E-state index contributed by atoms with van der Waals surface area (Å²) in [5.41, 5.74) is 3.85. The summed E-state index contributed by atoms with van der Waals surface area (Å²) in [7, 11) is -3.62. The highest BCUT2D eigenvalue weighted by Crippen LogP contribution is 2.21. The average Bonchev–Trinajstić information content (AvgIpc) is 2.64. The van der Waals surface area contributed by atoms with Crippen LogP contribution in [0, 0.1) is 20.8 Å². The lowest BCUT2D eigenvalue weighted by Gasteiger charge is -2.28. The Morgan fingerprint density at radius 3 is 2.30 bits per heavy atom. The Morgan fingerprint density at radius 2 is 1.63 bits per heavy atom. The first-order chi connectivity index (χ1) is 12.8. The molecule has 146 valence electrons. The molecule has 1 aliphatic heterocycles. The van der Waals surface area contributed by atoms with Gasteiger partial charge in [0.2, 0.25) is 10.0 Å². The van der Waals surface area contributed by atoms with Crippen molar-refractivity contribution in [2.75, 3.05) is 32.8 Å². The summed E-state index contributed by atoms with van der Waals surface area (Å²) in [5, 5.41) is 0. The van der Waals surface area contributed by atoms with Crippen LogP contribution in [0.5, 0.6) is 0 Å². The van der Waals surface area contributed by atoms with E-state index in [1.807, 2.05) is 57.2 Å². The second-order valence-electron chi connectivity index (χ2n) is 7.42. The minimum atomic E-state index is -3.62. The lowest BCUT2D eigenvalue weighted by atomic mass is 10.1. The van der Waals surface area contributed by atoms with Gasteiger partial charge in [-0.2, -0.15) is 4.72 Å². The number of sulfonamides is 1. The first kappa shape index (κ1) is 20.0. The molecular weight excluding hydrogens is 360 g/mol. The number of aryl methyl sites for hydroxylation is 3. The zero-order valence-corrected chi connectivity index (χ0v) is 17.1. The quantitative estimate of drug-likeness (QED) is 0.788. The summed E-state index contributed by atoms with van der Waals surface area (Å²) < 4.78 is 34.7. The van der Waals surface area contributed by atoms with Crippen LogP contribution in [-0.2, 0) is 14.8 Å². The van der Waals surface area contributed by atoms with Crippen molar-refractivity contribution in [2.24, 2.45) is 0 Å². The van der Waals surface area contributed by atoms with Crippen LogP contribution in [0.2, 0.25) is 0 Å². The largest absolute Gasteiger partial charge is 0.370 e. The maximum absolute atomic E-state index is 13.2. The molecule has 27 heavy (non-hydrogen) atoms. The van der Waals surface area contributed by atoms with Gasteiger partial charge in [-0.05, 0) is 43.5 Å². The fourth-order valence-electron chi connectivity index (χ4n) is 3.43. The van der Waals surface area contributed by atoms with Gasteiger partial charge in [0, 0.05) is 0 Å². The first-order valence-corrected chi connectivity index (χ1v) is 10.9. The molecule has 0 bridgehead atoms. The van der Waals surface area contributed by atoms with Gasteiger partial charge in [-0.1, -0.05) is 42.0 Å². The molecule has 5 nitrogen and oxygen atoms in total. The zero-order chi connectivity index (χ0) is 19.4. The maximum Gasteiger partial charge on any atom is 0.241 e. The van der Waals surface area contributed by atoms with Crippen molar-refractivity contribution >= 4 is 10.0 Å². The van der Waals surface area contributed by atoms with Gasteiger partial charge in [0.1, 0.15) is 13.1 Å². The molecule has 2 N–H and O–H groups in total. The van der Waals surface area contributed by atoms with Crippen LogP contribution in [0.15, 0.2) is 47.4 Å². The van der Waals surface area contributed by atoms with E-state index in [1.165, 1.54) is 4.90 Å². The molecule has 0 amide bonds. The maximum atomic E-state index is 13.2. The van der Waals surface area contributed by atoms with Gasteiger partial charge in [-0.15, -0.1) is 0 Å². The molecule has 0 aliphatic carbocycles. The van der Waals surface area contributed by atoms with Gasteiger partial charge >= 0.3 is 0 Å².